The van der Waals surface area contributed by atoms with Crippen LogP contribution in [-0.2, 0) is 11.8 Å². The van der Waals surface area contributed by atoms with E-state index in [1.165, 1.54) is 11.8 Å². The molecule has 0 atom stereocenters. The first-order chi connectivity index (χ1) is 12.0. The number of hydrogen-bond acceptors (Lipinski definition) is 5. The highest BCUT2D eigenvalue weighted by Crippen LogP contribution is 2.22. The van der Waals surface area contributed by atoms with Crippen molar-refractivity contribution in [2.45, 2.75) is 12.1 Å². The summed E-state index contributed by atoms with van der Waals surface area (Å²) in [5, 5.41) is 12.5. The SMILES string of the molecule is Cc1cc(Cl)ccc1NC(=O)CSc1nnc(-c2ccccn2)n1C. The van der Waals surface area contributed by atoms with Gasteiger partial charge in [0.25, 0.3) is 0 Å². The van der Waals surface area contributed by atoms with E-state index in [-0.39, 0.29) is 11.7 Å². The summed E-state index contributed by atoms with van der Waals surface area (Å²) in [4.78, 5) is 16.4. The van der Waals surface area contributed by atoms with Crippen molar-refractivity contribution in [1.29, 1.82) is 0 Å². The van der Waals surface area contributed by atoms with E-state index in [2.05, 4.69) is 20.5 Å². The summed E-state index contributed by atoms with van der Waals surface area (Å²) in [5.41, 5.74) is 2.41. The Hall–Kier alpha value is -2.38. The molecular weight excluding hydrogens is 358 g/mol. The van der Waals surface area contributed by atoms with Crippen molar-refractivity contribution in [3.63, 3.8) is 0 Å². The Morgan fingerprint density at radius 1 is 1.28 bits per heavy atom. The monoisotopic (exact) mass is 373 g/mol. The lowest BCUT2D eigenvalue weighted by Crippen LogP contribution is -2.15. The molecule has 0 radical (unpaired) electrons. The molecule has 0 aliphatic rings. The molecule has 0 spiro atoms. The molecule has 1 aromatic carbocycles. The average Bonchev–Trinajstić information content (AvgIpc) is 2.97. The topological polar surface area (TPSA) is 72.7 Å². The highest BCUT2D eigenvalue weighted by atomic mass is 35.5. The van der Waals surface area contributed by atoms with Crippen molar-refractivity contribution in [1.82, 2.24) is 19.7 Å². The normalized spacial score (nSPS) is 10.7. The Morgan fingerprint density at radius 2 is 2.12 bits per heavy atom. The number of nitrogens with one attached hydrogen (secondary N) is 1. The number of anilines is 1. The largest absolute Gasteiger partial charge is 0.325 e. The van der Waals surface area contributed by atoms with Crippen molar-refractivity contribution >= 4 is 35.0 Å². The van der Waals surface area contributed by atoms with Crippen molar-refractivity contribution in [2.75, 3.05) is 11.1 Å². The molecule has 128 valence electrons. The molecule has 8 heteroatoms. The fourth-order valence-corrected chi connectivity index (χ4v) is 3.18. The smallest absolute Gasteiger partial charge is 0.234 e. The maximum atomic E-state index is 12.2. The van der Waals surface area contributed by atoms with E-state index in [1.54, 1.807) is 18.3 Å². The van der Waals surface area contributed by atoms with Gasteiger partial charge in [-0.1, -0.05) is 29.4 Å². The van der Waals surface area contributed by atoms with E-state index >= 15 is 0 Å². The van der Waals surface area contributed by atoms with Gasteiger partial charge in [-0.05, 0) is 42.8 Å². The molecule has 0 aliphatic heterocycles. The Bertz CT molecular complexity index is 897. The van der Waals surface area contributed by atoms with Crippen LogP contribution < -0.4 is 5.32 Å². The summed E-state index contributed by atoms with van der Waals surface area (Å²) >= 11 is 7.25. The number of amides is 1. The second kappa shape index (κ2) is 7.67. The van der Waals surface area contributed by atoms with Crippen molar-refractivity contribution in [3.05, 3.63) is 53.2 Å². The van der Waals surface area contributed by atoms with Gasteiger partial charge in [0, 0.05) is 24.0 Å². The van der Waals surface area contributed by atoms with E-state index in [0.717, 1.165) is 16.9 Å². The number of rotatable bonds is 5. The van der Waals surface area contributed by atoms with Crippen molar-refractivity contribution in [3.8, 4) is 11.5 Å². The number of aromatic nitrogens is 4. The van der Waals surface area contributed by atoms with Crippen molar-refractivity contribution in [2.24, 2.45) is 7.05 Å². The van der Waals surface area contributed by atoms with Crippen LogP contribution in [0.3, 0.4) is 0 Å². The van der Waals surface area contributed by atoms with Gasteiger partial charge < -0.3 is 9.88 Å². The molecule has 3 rings (SSSR count). The lowest BCUT2D eigenvalue weighted by atomic mass is 10.2. The standard InChI is InChI=1S/C17H16ClN5OS/c1-11-9-12(18)6-7-13(11)20-15(24)10-25-17-22-21-16(23(17)2)14-5-3-4-8-19-14/h3-9H,10H2,1-2H3,(H,20,24). The molecule has 0 unspecified atom stereocenters. The zero-order chi connectivity index (χ0) is 17.8. The van der Waals surface area contributed by atoms with Crippen LogP contribution in [0, 0.1) is 6.92 Å². The third-order valence-corrected chi connectivity index (χ3v) is 4.78. The van der Waals surface area contributed by atoms with Crippen LogP contribution >= 0.6 is 23.4 Å². The van der Waals surface area contributed by atoms with Gasteiger partial charge in [0.2, 0.25) is 5.91 Å². The molecule has 1 N–H and O–H groups in total. The first kappa shape index (κ1) is 17.4. The Labute approximate surface area is 154 Å². The molecule has 2 aromatic heterocycles. The van der Waals surface area contributed by atoms with E-state index in [4.69, 9.17) is 11.6 Å². The molecule has 0 bridgehead atoms. The first-order valence-corrected chi connectivity index (χ1v) is 8.90. The highest BCUT2D eigenvalue weighted by molar-refractivity contribution is 7.99. The number of carbonyl (C=O) groups excluding carboxylic acids is 1. The molecule has 0 aliphatic carbocycles. The number of hydrogen-bond donors (Lipinski definition) is 1. The zero-order valence-corrected chi connectivity index (χ0v) is 15.3. The lowest BCUT2D eigenvalue weighted by molar-refractivity contribution is -0.113. The number of aryl methyl sites for hydroxylation is 1. The number of carbonyl (C=O) groups is 1. The van der Waals surface area contributed by atoms with Crippen LogP contribution in [-0.4, -0.2) is 31.4 Å². The minimum absolute atomic E-state index is 0.113. The van der Waals surface area contributed by atoms with Crippen LogP contribution in [0.25, 0.3) is 11.5 Å². The molecular formula is C17H16ClN5OS. The number of halogens is 1. The molecule has 1 amide bonds. The van der Waals surface area contributed by atoms with Gasteiger partial charge in [0.1, 0.15) is 5.69 Å². The van der Waals surface area contributed by atoms with Crippen LogP contribution in [0.5, 0.6) is 0 Å². The van der Waals surface area contributed by atoms with Crippen LogP contribution in [0.1, 0.15) is 5.56 Å². The predicted octanol–water partition coefficient (Wildman–Crippen LogP) is 3.57. The summed E-state index contributed by atoms with van der Waals surface area (Å²) in [6.45, 7) is 1.90. The van der Waals surface area contributed by atoms with Gasteiger partial charge in [0.15, 0.2) is 11.0 Å². The quantitative estimate of drug-likeness (QED) is 0.692. The summed E-state index contributed by atoms with van der Waals surface area (Å²) in [6, 6.07) is 11.0. The number of nitrogens with zero attached hydrogens (tertiary/aromatic N) is 4. The fourth-order valence-electron chi connectivity index (χ4n) is 2.24. The van der Waals surface area contributed by atoms with Gasteiger partial charge in [-0.3, -0.25) is 9.78 Å². The van der Waals surface area contributed by atoms with Gasteiger partial charge in [-0.15, -0.1) is 10.2 Å². The summed E-state index contributed by atoms with van der Waals surface area (Å²) < 4.78 is 1.83. The van der Waals surface area contributed by atoms with Crippen LogP contribution in [0.4, 0.5) is 5.69 Å². The Morgan fingerprint density at radius 3 is 2.84 bits per heavy atom. The maximum absolute atomic E-state index is 12.2. The summed E-state index contributed by atoms with van der Waals surface area (Å²) in [7, 11) is 1.85. The fraction of sp³-hybridized carbons (Fsp3) is 0.176. The van der Waals surface area contributed by atoms with Gasteiger partial charge >= 0.3 is 0 Å². The number of pyridine rings is 1. The van der Waals surface area contributed by atoms with Gasteiger partial charge in [-0.2, -0.15) is 0 Å². The third kappa shape index (κ3) is 4.18. The third-order valence-electron chi connectivity index (χ3n) is 3.52. The van der Waals surface area contributed by atoms with E-state index in [9.17, 15) is 4.79 Å². The summed E-state index contributed by atoms with van der Waals surface area (Å²) in [5.74, 6) is 0.783. The van der Waals surface area contributed by atoms with Gasteiger partial charge in [-0.25, -0.2) is 0 Å². The van der Waals surface area contributed by atoms with Gasteiger partial charge in [0.05, 0.1) is 5.75 Å². The highest BCUT2D eigenvalue weighted by Gasteiger charge is 2.14. The average molecular weight is 374 g/mol. The van der Waals surface area contributed by atoms with Crippen LogP contribution in [0.2, 0.25) is 5.02 Å². The molecule has 6 nitrogen and oxygen atoms in total. The second-order valence-electron chi connectivity index (χ2n) is 5.38. The first-order valence-electron chi connectivity index (χ1n) is 7.54. The number of benzene rings is 1. The minimum Gasteiger partial charge on any atom is -0.325 e. The summed E-state index contributed by atoms with van der Waals surface area (Å²) in [6.07, 6.45) is 1.71. The van der Waals surface area contributed by atoms with Crippen LogP contribution in [0.15, 0.2) is 47.8 Å². The predicted molar refractivity (Wildman–Crippen MR) is 99.8 cm³/mol. The van der Waals surface area contributed by atoms with Crippen molar-refractivity contribution < 1.29 is 4.79 Å². The Kier molecular flexibility index (Phi) is 5.35. The number of thioether (sulfide) groups is 1. The Balaban J connectivity index is 1.64. The molecule has 2 heterocycles. The molecule has 0 saturated carbocycles. The molecule has 3 aromatic rings. The molecule has 0 saturated heterocycles. The van der Waals surface area contributed by atoms with E-state index < -0.39 is 0 Å². The van der Waals surface area contributed by atoms with E-state index in [0.29, 0.717) is 16.0 Å². The molecule has 25 heavy (non-hydrogen) atoms. The lowest BCUT2D eigenvalue weighted by Gasteiger charge is -2.08. The zero-order valence-electron chi connectivity index (χ0n) is 13.7. The molecule has 0 fully saturated rings. The maximum Gasteiger partial charge on any atom is 0.234 e. The minimum atomic E-state index is -0.113. The van der Waals surface area contributed by atoms with E-state index in [1.807, 2.05) is 42.8 Å². The second-order valence-corrected chi connectivity index (χ2v) is 6.76.